The standard InChI is InChI=1S/C11H15NO5Si/c1-7-5-8(11(13)14)6-9(12(15)16)10(7)17-18(2,3)4/h5-6H,1-4H3,(H,13,14). The zero-order valence-electron chi connectivity index (χ0n) is 10.7. The smallest absolute Gasteiger partial charge is 0.335 e. The summed E-state index contributed by atoms with van der Waals surface area (Å²) in [5.41, 5.74) is 0.0565. The number of nitrogens with zero attached hydrogens (tertiary/aromatic N) is 1. The minimum atomic E-state index is -2.00. The Morgan fingerprint density at radius 1 is 1.39 bits per heavy atom. The summed E-state index contributed by atoms with van der Waals surface area (Å²) in [6.07, 6.45) is 0. The van der Waals surface area contributed by atoms with Crippen molar-refractivity contribution in [1.29, 1.82) is 0 Å². The molecular weight excluding hydrogens is 254 g/mol. The highest BCUT2D eigenvalue weighted by Crippen LogP contribution is 2.34. The third-order valence-corrected chi connectivity index (χ3v) is 2.92. The van der Waals surface area contributed by atoms with Crippen molar-refractivity contribution in [3.8, 4) is 5.75 Å². The van der Waals surface area contributed by atoms with Crippen LogP contribution in [0.1, 0.15) is 15.9 Å². The van der Waals surface area contributed by atoms with Crippen LogP contribution in [0.2, 0.25) is 19.6 Å². The molecule has 0 atom stereocenters. The van der Waals surface area contributed by atoms with Crippen LogP contribution in [0.5, 0.6) is 5.75 Å². The van der Waals surface area contributed by atoms with E-state index in [1.165, 1.54) is 6.07 Å². The van der Waals surface area contributed by atoms with Crippen molar-refractivity contribution in [3.63, 3.8) is 0 Å². The fourth-order valence-electron chi connectivity index (χ4n) is 1.45. The summed E-state index contributed by atoms with van der Waals surface area (Å²) in [4.78, 5) is 21.2. The Bertz CT molecular complexity index is 507. The van der Waals surface area contributed by atoms with E-state index in [9.17, 15) is 14.9 Å². The number of nitro groups is 1. The largest absolute Gasteiger partial charge is 0.540 e. The van der Waals surface area contributed by atoms with Gasteiger partial charge in [0.15, 0.2) is 5.75 Å². The summed E-state index contributed by atoms with van der Waals surface area (Å²) in [5, 5.41) is 19.9. The number of carbonyl (C=O) groups is 1. The van der Waals surface area contributed by atoms with Crippen LogP contribution in [-0.2, 0) is 0 Å². The normalized spacial score (nSPS) is 11.1. The lowest BCUT2D eigenvalue weighted by Crippen LogP contribution is -2.30. The molecule has 0 aliphatic heterocycles. The molecule has 1 aromatic rings. The maximum Gasteiger partial charge on any atom is 0.335 e. The quantitative estimate of drug-likeness (QED) is 0.515. The van der Waals surface area contributed by atoms with Gasteiger partial charge in [-0.05, 0) is 38.2 Å². The third kappa shape index (κ3) is 3.30. The van der Waals surface area contributed by atoms with Crippen LogP contribution in [-0.4, -0.2) is 24.3 Å². The summed E-state index contributed by atoms with van der Waals surface area (Å²) in [6, 6.07) is 2.41. The van der Waals surface area contributed by atoms with Crippen LogP contribution >= 0.6 is 0 Å². The maximum atomic E-state index is 11.0. The third-order valence-electron chi connectivity index (χ3n) is 2.11. The molecule has 0 heterocycles. The van der Waals surface area contributed by atoms with Crippen molar-refractivity contribution < 1.29 is 19.3 Å². The first kappa shape index (κ1) is 14.2. The lowest BCUT2D eigenvalue weighted by Gasteiger charge is -2.20. The minimum Gasteiger partial charge on any atom is -0.540 e. The second-order valence-electron chi connectivity index (χ2n) is 4.92. The van der Waals surface area contributed by atoms with E-state index in [0.29, 0.717) is 5.56 Å². The van der Waals surface area contributed by atoms with E-state index in [2.05, 4.69) is 0 Å². The van der Waals surface area contributed by atoms with Crippen molar-refractivity contribution in [2.75, 3.05) is 0 Å². The molecule has 18 heavy (non-hydrogen) atoms. The van der Waals surface area contributed by atoms with Gasteiger partial charge in [0, 0.05) is 6.07 Å². The van der Waals surface area contributed by atoms with Gasteiger partial charge in [0.1, 0.15) is 0 Å². The lowest BCUT2D eigenvalue weighted by molar-refractivity contribution is -0.385. The zero-order chi connectivity index (χ0) is 14.1. The minimum absolute atomic E-state index is 0.109. The first-order valence-corrected chi connectivity index (χ1v) is 8.74. The molecule has 98 valence electrons. The molecule has 0 fully saturated rings. The zero-order valence-corrected chi connectivity index (χ0v) is 11.7. The van der Waals surface area contributed by atoms with Gasteiger partial charge in [-0.25, -0.2) is 4.79 Å². The fourth-order valence-corrected chi connectivity index (χ4v) is 2.33. The van der Waals surface area contributed by atoms with E-state index in [0.717, 1.165) is 6.07 Å². The van der Waals surface area contributed by atoms with Gasteiger partial charge < -0.3 is 9.53 Å². The van der Waals surface area contributed by atoms with Gasteiger partial charge >= 0.3 is 11.7 Å². The molecule has 7 heteroatoms. The molecule has 0 saturated carbocycles. The number of carboxylic acids is 1. The number of hydrogen-bond acceptors (Lipinski definition) is 4. The number of benzene rings is 1. The van der Waals surface area contributed by atoms with Gasteiger partial charge in [-0.2, -0.15) is 0 Å². The van der Waals surface area contributed by atoms with Crippen LogP contribution in [0.25, 0.3) is 0 Å². The molecule has 0 aromatic heterocycles. The molecule has 0 saturated heterocycles. The summed E-state index contributed by atoms with van der Waals surface area (Å²) in [5.74, 6) is -1.02. The van der Waals surface area contributed by atoms with Crippen LogP contribution in [0.4, 0.5) is 5.69 Å². The number of aryl methyl sites for hydroxylation is 1. The van der Waals surface area contributed by atoms with E-state index in [1.54, 1.807) is 6.92 Å². The summed E-state index contributed by atoms with van der Waals surface area (Å²) in [7, 11) is -2.00. The van der Waals surface area contributed by atoms with Crippen LogP contribution in [0.3, 0.4) is 0 Å². The molecule has 1 rings (SSSR count). The van der Waals surface area contributed by atoms with E-state index in [1.807, 2.05) is 19.6 Å². The number of rotatable bonds is 4. The first-order chi connectivity index (χ1) is 8.11. The highest BCUT2D eigenvalue weighted by atomic mass is 28.4. The second kappa shape index (κ2) is 4.77. The fraction of sp³-hybridized carbons (Fsp3) is 0.364. The Kier molecular flexibility index (Phi) is 3.75. The van der Waals surface area contributed by atoms with Crippen molar-refractivity contribution in [2.24, 2.45) is 0 Å². The summed E-state index contributed by atoms with van der Waals surface area (Å²) >= 11 is 0. The molecule has 6 nitrogen and oxygen atoms in total. The number of nitro benzene ring substituents is 1. The summed E-state index contributed by atoms with van der Waals surface area (Å²) in [6.45, 7) is 7.32. The molecule has 0 aliphatic rings. The monoisotopic (exact) mass is 269 g/mol. The molecule has 0 unspecified atom stereocenters. The molecular formula is C11H15NO5Si. The predicted octanol–water partition coefficient (Wildman–Crippen LogP) is 2.82. The van der Waals surface area contributed by atoms with Gasteiger partial charge in [-0.15, -0.1) is 0 Å². The maximum absolute atomic E-state index is 11.0. The van der Waals surface area contributed by atoms with Crippen molar-refractivity contribution in [1.82, 2.24) is 0 Å². The van der Waals surface area contributed by atoms with Crippen LogP contribution in [0.15, 0.2) is 12.1 Å². The van der Waals surface area contributed by atoms with Crippen LogP contribution in [0, 0.1) is 17.0 Å². The molecule has 0 radical (unpaired) electrons. The van der Waals surface area contributed by atoms with Gasteiger partial charge in [-0.1, -0.05) is 0 Å². The molecule has 0 amide bonds. The van der Waals surface area contributed by atoms with E-state index < -0.39 is 19.2 Å². The SMILES string of the molecule is Cc1cc(C(=O)O)cc([N+](=O)[O-])c1O[Si](C)(C)C. The van der Waals surface area contributed by atoms with Crippen molar-refractivity contribution in [2.45, 2.75) is 26.6 Å². The predicted molar refractivity (Wildman–Crippen MR) is 68.8 cm³/mol. The lowest BCUT2D eigenvalue weighted by atomic mass is 10.1. The topological polar surface area (TPSA) is 89.7 Å². The van der Waals surface area contributed by atoms with Crippen molar-refractivity contribution >= 4 is 20.0 Å². The Morgan fingerprint density at radius 2 is 1.94 bits per heavy atom. The second-order valence-corrected chi connectivity index (χ2v) is 9.35. The van der Waals surface area contributed by atoms with E-state index in [4.69, 9.17) is 9.53 Å². The number of carboxylic acid groups (broad SMARTS) is 1. The van der Waals surface area contributed by atoms with Gasteiger partial charge in [0.2, 0.25) is 8.32 Å². The molecule has 0 spiro atoms. The molecule has 1 N–H and O–H groups in total. The first-order valence-electron chi connectivity index (χ1n) is 5.33. The van der Waals surface area contributed by atoms with Crippen LogP contribution < -0.4 is 4.43 Å². The Balaban J connectivity index is 3.41. The Labute approximate surface area is 105 Å². The molecule has 0 aliphatic carbocycles. The average molecular weight is 269 g/mol. The number of aromatic carboxylic acids is 1. The highest BCUT2D eigenvalue weighted by molar-refractivity contribution is 6.70. The molecule has 1 aromatic carbocycles. The van der Waals surface area contributed by atoms with Crippen molar-refractivity contribution in [3.05, 3.63) is 33.4 Å². The highest BCUT2D eigenvalue weighted by Gasteiger charge is 2.26. The van der Waals surface area contributed by atoms with Gasteiger partial charge in [-0.3, -0.25) is 10.1 Å². The Morgan fingerprint density at radius 3 is 2.33 bits per heavy atom. The van der Waals surface area contributed by atoms with E-state index in [-0.39, 0.29) is 17.0 Å². The molecule has 0 bridgehead atoms. The summed E-state index contributed by atoms with van der Waals surface area (Å²) < 4.78 is 5.66. The van der Waals surface area contributed by atoms with E-state index >= 15 is 0 Å². The van der Waals surface area contributed by atoms with Gasteiger partial charge in [0.25, 0.3) is 0 Å². The number of hydrogen-bond donors (Lipinski definition) is 1. The Hall–Kier alpha value is -1.89. The van der Waals surface area contributed by atoms with Gasteiger partial charge in [0.05, 0.1) is 10.5 Å². The average Bonchev–Trinajstić information content (AvgIpc) is 2.18.